The van der Waals surface area contributed by atoms with E-state index in [-0.39, 0.29) is 0 Å². The van der Waals surface area contributed by atoms with Crippen LogP contribution in [0.25, 0.3) is 0 Å². The van der Waals surface area contributed by atoms with Crippen LogP contribution in [0.5, 0.6) is 11.5 Å². The lowest BCUT2D eigenvalue weighted by Gasteiger charge is -2.37. The summed E-state index contributed by atoms with van der Waals surface area (Å²) in [5, 5.41) is 10.5. The van der Waals surface area contributed by atoms with E-state index < -0.39 is 6.10 Å². The van der Waals surface area contributed by atoms with Gasteiger partial charge in [-0.05, 0) is 49.9 Å². The second-order valence-electron chi connectivity index (χ2n) is 6.10. The molecule has 1 N–H and O–H groups in total. The lowest BCUT2D eigenvalue weighted by Crippen LogP contribution is -2.42. The van der Waals surface area contributed by atoms with Gasteiger partial charge in [0.25, 0.3) is 0 Å². The molecule has 3 unspecified atom stereocenters. The van der Waals surface area contributed by atoms with E-state index in [1.807, 2.05) is 18.2 Å². The van der Waals surface area contributed by atoms with Gasteiger partial charge in [-0.2, -0.15) is 0 Å². The van der Waals surface area contributed by atoms with Crippen LogP contribution in [-0.4, -0.2) is 43.4 Å². The molecule has 0 bridgehead atoms. The fraction of sp³-hybridized carbons (Fsp3) is 0.647. The highest BCUT2D eigenvalue weighted by Crippen LogP contribution is 2.31. The first-order chi connectivity index (χ1) is 10.0. The zero-order chi connectivity index (χ0) is 15.4. The summed E-state index contributed by atoms with van der Waals surface area (Å²) in [5.74, 6) is 2.14. The van der Waals surface area contributed by atoms with Gasteiger partial charge in [-0.15, -0.1) is 0 Å². The van der Waals surface area contributed by atoms with Crippen LogP contribution in [-0.2, 0) is 0 Å². The summed E-state index contributed by atoms with van der Waals surface area (Å²) in [6.45, 7) is 6.28. The molecule has 118 valence electrons. The van der Waals surface area contributed by atoms with Crippen molar-refractivity contribution in [2.75, 3.05) is 27.3 Å². The zero-order valence-electron chi connectivity index (χ0n) is 13.5. The summed E-state index contributed by atoms with van der Waals surface area (Å²) < 4.78 is 10.5. The van der Waals surface area contributed by atoms with E-state index in [9.17, 15) is 5.11 Å². The Morgan fingerprint density at radius 2 is 1.95 bits per heavy atom. The predicted octanol–water partition coefficient (Wildman–Crippen LogP) is 2.86. The number of ether oxygens (including phenoxy) is 2. The lowest BCUT2D eigenvalue weighted by molar-refractivity contribution is 0.0600. The molecular weight excluding hydrogens is 266 g/mol. The summed E-state index contributed by atoms with van der Waals surface area (Å²) in [7, 11) is 3.23. The van der Waals surface area contributed by atoms with E-state index in [0.717, 1.165) is 18.0 Å². The predicted molar refractivity (Wildman–Crippen MR) is 83.9 cm³/mol. The number of hydrogen-bond donors (Lipinski definition) is 1. The van der Waals surface area contributed by atoms with Gasteiger partial charge in [-0.1, -0.05) is 13.0 Å². The van der Waals surface area contributed by atoms with Crippen LogP contribution >= 0.6 is 0 Å². The highest BCUT2D eigenvalue weighted by atomic mass is 16.5. The maximum atomic E-state index is 10.5. The van der Waals surface area contributed by atoms with Crippen molar-refractivity contribution in [3.8, 4) is 11.5 Å². The van der Waals surface area contributed by atoms with Crippen LogP contribution in [0, 0.1) is 5.92 Å². The normalized spacial score (nSPS) is 24.6. The largest absolute Gasteiger partial charge is 0.493 e. The van der Waals surface area contributed by atoms with Crippen molar-refractivity contribution in [1.29, 1.82) is 0 Å². The smallest absolute Gasteiger partial charge is 0.161 e. The molecule has 2 rings (SSSR count). The molecule has 0 aliphatic carbocycles. The zero-order valence-corrected chi connectivity index (χ0v) is 13.5. The molecule has 21 heavy (non-hydrogen) atoms. The Morgan fingerprint density at radius 3 is 2.57 bits per heavy atom. The highest BCUT2D eigenvalue weighted by molar-refractivity contribution is 5.43. The fourth-order valence-electron chi connectivity index (χ4n) is 3.11. The third kappa shape index (κ3) is 3.89. The summed E-state index contributed by atoms with van der Waals surface area (Å²) in [5.41, 5.74) is 0.874. The molecule has 0 saturated carbocycles. The maximum absolute atomic E-state index is 10.5. The number of aliphatic hydroxyl groups excluding tert-OH is 1. The summed E-state index contributed by atoms with van der Waals surface area (Å²) >= 11 is 0. The molecule has 0 radical (unpaired) electrons. The van der Waals surface area contributed by atoms with Crippen LogP contribution < -0.4 is 9.47 Å². The molecule has 4 nitrogen and oxygen atoms in total. The first-order valence-corrected chi connectivity index (χ1v) is 7.69. The second-order valence-corrected chi connectivity index (χ2v) is 6.10. The van der Waals surface area contributed by atoms with Crippen molar-refractivity contribution in [3.05, 3.63) is 23.8 Å². The van der Waals surface area contributed by atoms with E-state index in [1.165, 1.54) is 12.8 Å². The number of β-amino-alcohol motifs (C(OH)–C–C–N with tert-alkyl or cyclic N) is 1. The van der Waals surface area contributed by atoms with Crippen molar-refractivity contribution >= 4 is 0 Å². The van der Waals surface area contributed by atoms with Gasteiger partial charge in [0.1, 0.15) is 0 Å². The van der Waals surface area contributed by atoms with Crippen molar-refractivity contribution in [2.45, 2.75) is 38.8 Å². The van der Waals surface area contributed by atoms with Crippen LogP contribution in [0.4, 0.5) is 0 Å². The van der Waals surface area contributed by atoms with Gasteiger partial charge >= 0.3 is 0 Å². The molecule has 0 spiro atoms. The molecule has 1 aliphatic heterocycles. The van der Waals surface area contributed by atoms with Crippen LogP contribution in [0.15, 0.2) is 18.2 Å². The molecule has 1 aromatic rings. The Balaban J connectivity index is 2.04. The minimum absolute atomic E-state index is 0.499. The summed E-state index contributed by atoms with van der Waals surface area (Å²) in [4.78, 5) is 2.38. The Hall–Kier alpha value is -1.26. The highest BCUT2D eigenvalue weighted by Gasteiger charge is 2.25. The summed E-state index contributed by atoms with van der Waals surface area (Å²) in [6, 6.07) is 6.15. The Kier molecular flexibility index (Phi) is 5.48. The number of likely N-dealkylation sites (tertiary alicyclic amines) is 1. The first-order valence-electron chi connectivity index (χ1n) is 7.69. The van der Waals surface area contributed by atoms with Crippen molar-refractivity contribution < 1.29 is 14.6 Å². The SMILES string of the molecule is COc1ccc(C(O)CN2CCC(C)CC2C)cc1OC. The number of hydrogen-bond acceptors (Lipinski definition) is 4. The molecular formula is C17H27NO3. The maximum Gasteiger partial charge on any atom is 0.161 e. The van der Waals surface area contributed by atoms with Gasteiger partial charge in [-0.25, -0.2) is 0 Å². The van der Waals surface area contributed by atoms with Gasteiger partial charge in [-0.3, -0.25) is 4.90 Å². The fourth-order valence-corrected chi connectivity index (χ4v) is 3.11. The van der Waals surface area contributed by atoms with E-state index in [1.54, 1.807) is 14.2 Å². The number of benzene rings is 1. The van der Waals surface area contributed by atoms with Gasteiger partial charge in [0.05, 0.1) is 20.3 Å². The Bertz CT molecular complexity index is 463. The van der Waals surface area contributed by atoms with Crippen molar-refractivity contribution in [2.24, 2.45) is 5.92 Å². The van der Waals surface area contributed by atoms with E-state index >= 15 is 0 Å². The van der Waals surface area contributed by atoms with E-state index in [0.29, 0.717) is 24.1 Å². The average Bonchev–Trinajstić information content (AvgIpc) is 2.49. The van der Waals surface area contributed by atoms with Crippen LogP contribution in [0.1, 0.15) is 38.4 Å². The van der Waals surface area contributed by atoms with Gasteiger partial charge in [0, 0.05) is 12.6 Å². The minimum atomic E-state index is -0.499. The van der Waals surface area contributed by atoms with E-state index in [4.69, 9.17) is 9.47 Å². The second kappa shape index (κ2) is 7.14. The standard InChI is InChI=1S/C17H27NO3/c1-12-7-8-18(13(2)9-12)11-15(19)14-5-6-16(20-3)17(10-14)21-4/h5-6,10,12-13,15,19H,7-9,11H2,1-4H3. The number of piperidine rings is 1. The quantitative estimate of drug-likeness (QED) is 0.906. The average molecular weight is 293 g/mol. The topological polar surface area (TPSA) is 41.9 Å². The molecule has 4 heteroatoms. The number of nitrogens with zero attached hydrogens (tertiary/aromatic N) is 1. The molecule has 1 aliphatic rings. The minimum Gasteiger partial charge on any atom is -0.493 e. The summed E-state index contributed by atoms with van der Waals surface area (Å²) in [6.07, 6.45) is 1.92. The molecule has 0 aromatic heterocycles. The van der Waals surface area contributed by atoms with E-state index in [2.05, 4.69) is 18.7 Å². The third-order valence-corrected chi connectivity index (χ3v) is 4.48. The molecule has 1 aromatic carbocycles. The molecule has 1 heterocycles. The third-order valence-electron chi connectivity index (χ3n) is 4.48. The lowest BCUT2D eigenvalue weighted by atomic mass is 9.93. The van der Waals surface area contributed by atoms with Crippen LogP contribution in [0.3, 0.4) is 0 Å². The number of aliphatic hydroxyl groups is 1. The number of methoxy groups -OCH3 is 2. The van der Waals surface area contributed by atoms with Crippen molar-refractivity contribution in [1.82, 2.24) is 4.90 Å². The first kappa shape index (κ1) is 16.1. The Labute approximate surface area is 127 Å². The number of rotatable bonds is 5. The van der Waals surface area contributed by atoms with Crippen LogP contribution in [0.2, 0.25) is 0 Å². The molecule has 1 fully saturated rings. The van der Waals surface area contributed by atoms with Gasteiger partial charge in [0.2, 0.25) is 0 Å². The Morgan fingerprint density at radius 1 is 1.24 bits per heavy atom. The van der Waals surface area contributed by atoms with Gasteiger partial charge < -0.3 is 14.6 Å². The monoisotopic (exact) mass is 293 g/mol. The van der Waals surface area contributed by atoms with Crippen molar-refractivity contribution in [3.63, 3.8) is 0 Å². The molecule has 1 saturated heterocycles. The molecule has 3 atom stereocenters. The molecule has 0 amide bonds. The van der Waals surface area contributed by atoms with Gasteiger partial charge in [0.15, 0.2) is 11.5 Å².